The minimum Gasteiger partial charge on any atom is -0.452 e. The fourth-order valence-corrected chi connectivity index (χ4v) is 3.50. The topological polar surface area (TPSA) is 69.1 Å². The number of benzene rings is 2. The number of carbonyl (C=O) groups is 2. The summed E-state index contributed by atoms with van der Waals surface area (Å²) in [4.78, 5) is 25.9. The Morgan fingerprint density at radius 2 is 1.77 bits per heavy atom. The van der Waals surface area contributed by atoms with E-state index in [4.69, 9.17) is 9.47 Å². The molecule has 0 radical (unpaired) electrons. The summed E-state index contributed by atoms with van der Waals surface area (Å²) in [5.41, 5.74) is 5.03. The van der Waals surface area contributed by atoms with Gasteiger partial charge < -0.3 is 19.7 Å². The third kappa shape index (κ3) is 6.15. The Hall–Kier alpha value is -2.70. The molecule has 1 atom stereocenters. The Morgan fingerprint density at radius 3 is 2.43 bits per heavy atom. The molecule has 6 heteroatoms. The lowest BCUT2D eigenvalue weighted by atomic mass is 10.0. The molecular formula is C24H31N2O4+. The van der Waals surface area contributed by atoms with E-state index in [9.17, 15) is 9.59 Å². The van der Waals surface area contributed by atoms with Gasteiger partial charge in [-0.1, -0.05) is 30.3 Å². The van der Waals surface area contributed by atoms with Gasteiger partial charge in [0.05, 0.1) is 24.8 Å². The van der Waals surface area contributed by atoms with E-state index in [1.807, 2.05) is 38.1 Å². The van der Waals surface area contributed by atoms with Crippen LogP contribution >= 0.6 is 0 Å². The molecule has 1 fully saturated rings. The summed E-state index contributed by atoms with van der Waals surface area (Å²) in [6, 6.07) is 13.4. The molecular weight excluding hydrogens is 380 g/mol. The second-order valence-electron chi connectivity index (χ2n) is 7.95. The van der Waals surface area contributed by atoms with E-state index in [-0.39, 0.29) is 18.6 Å². The van der Waals surface area contributed by atoms with E-state index in [2.05, 4.69) is 18.3 Å². The van der Waals surface area contributed by atoms with Gasteiger partial charge in [-0.2, -0.15) is 0 Å². The van der Waals surface area contributed by atoms with E-state index in [0.29, 0.717) is 5.56 Å². The summed E-state index contributed by atoms with van der Waals surface area (Å²) < 4.78 is 10.6. The van der Waals surface area contributed by atoms with E-state index in [1.165, 1.54) is 21.6 Å². The first-order valence-electron chi connectivity index (χ1n) is 10.5. The van der Waals surface area contributed by atoms with Crippen LogP contribution in [0.3, 0.4) is 0 Å². The monoisotopic (exact) mass is 411 g/mol. The number of ether oxygens (including phenoxy) is 2. The lowest BCUT2D eigenvalue weighted by Gasteiger charge is -2.23. The van der Waals surface area contributed by atoms with Crippen LogP contribution in [0.25, 0.3) is 0 Å². The van der Waals surface area contributed by atoms with Gasteiger partial charge in [0, 0.05) is 5.56 Å². The van der Waals surface area contributed by atoms with Crippen LogP contribution in [0.4, 0.5) is 0 Å². The van der Waals surface area contributed by atoms with Gasteiger partial charge >= 0.3 is 5.97 Å². The van der Waals surface area contributed by atoms with Crippen LogP contribution in [0.15, 0.2) is 42.5 Å². The van der Waals surface area contributed by atoms with Crippen molar-refractivity contribution in [1.29, 1.82) is 0 Å². The maximum atomic E-state index is 12.3. The van der Waals surface area contributed by atoms with Gasteiger partial charge in [0.2, 0.25) is 0 Å². The highest BCUT2D eigenvalue weighted by Crippen LogP contribution is 2.16. The average Bonchev–Trinajstić information content (AvgIpc) is 2.75. The predicted molar refractivity (Wildman–Crippen MR) is 114 cm³/mol. The molecule has 0 aliphatic carbocycles. The van der Waals surface area contributed by atoms with Crippen molar-refractivity contribution in [3.8, 4) is 0 Å². The molecule has 2 N–H and O–H groups in total. The molecule has 2 aromatic carbocycles. The summed E-state index contributed by atoms with van der Waals surface area (Å²) in [5.74, 6) is -0.809. The van der Waals surface area contributed by atoms with E-state index >= 15 is 0 Å². The van der Waals surface area contributed by atoms with Gasteiger partial charge in [0.15, 0.2) is 6.61 Å². The molecule has 2 aromatic rings. The van der Waals surface area contributed by atoms with Crippen molar-refractivity contribution in [2.45, 2.75) is 33.4 Å². The Labute approximate surface area is 178 Å². The van der Waals surface area contributed by atoms with Crippen molar-refractivity contribution >= 4 is 11.9 Å². The fourth-order valence-electron chi connectivity index (χ4n) is 3.50. The number of quaternary nitrogens is 1. The summed E-state index contributed by atoms with van der Waals surface area (Å²) in [5, 5.41) is 2.88. The molecule has 6 nitrogen and oxygen atoms in total. The molecule has 1 heterocycles. The number of rotatable bonds is 7. The van der Waals surface area contributed by atoms with Crippen LogP contribution in [0.1, 0.15) is 45.6 Å². The lowest BCUT2D eigenvalue weighted by Crippen LogP contribution is -3.12. The second-order valence-corrected chi connectivity index (χ2v) is 7.95. The van der Waals surface area contributed by atoms with E-state index < -0.39 is 5.97 Å². The lowest BCUT2D eigenvalue weighted by molar-refractivity contribution is -0.921. The second kappa shape index (κ2) is 10.4. The maximum absolute atomic E-state index is 12.3. The molecule has 0 bridgehead atoms. The molecule has 3 rings (SSSR count). The summed E-state index contributed by atoms with van der Waals surface area (Å²) in [7, 11) is 0. The molecule has 1 saturated heterocycles. The molecule has 0 saturated carbocycles. The van der Waals surface area contributed by atoms with Crippen molar-refractivity contribution in [3.63, 3.8) is 0 Å². The van der Waals surface area contributed by atoms with Gasteiger partial charge in [0.25, 0.3) is 5.91 Å². The van der Waals surface area contributed by atoms with Gasteiger partial charge in [-0.25, -0.2) is 4.79 Å². The first kappa shape index (κ1) is 22.0. The zero-order chi connectivity index (χ0) is 21.5. The van der Waals surface area contributed by atoms with Crippen LogP contribution in [0, 0.1) is 13.8 Å². The molecule has 1 aliphatic heterocycles. The van der Waals surface area contributed by atoms with Gasteiger partial charge in [-0.15, -0.1) is 0 Å². The van der Waals surface area contributed by atoms with Crippen LogP contribution in [-0.4, -0.2) is 44.8 Å². The van der Waals surface area contributed by atoms with Crippen molar-refractivity contribution in [2.75, 3.05) is 32.9 Å². The number of nitrogens with one attached hydrogen (secondary N) is 2. The van der Waals surface area contributed by atoms with Gasteiger partial charge in [0.1, 0.15) is 19.6 Å². The molecule has 1 amide bonds. The van der Waals surface area contributed by atoms with E-state index in [0.717, 1.165) is 38.4 Å². The van der Waals surface area contributed by atoms with Crippen LogP contribution in [0.5, 0.6) is 0 Å². The number of amides is 1. The molecule has 0 unspecified atom stereocenters. The number of carbonyl (C=O) groups excluding carboxylic acids is 2. The highest BCUT2D eigenvalue weighted by molar-refractivity contribution is 5.91. The Balaban J connectivity index is 1.46. The molecule has 160 valence electrons. The zero-order valence-corrected chi connectivity index (χ0v) is 18.0. The van der Waals surface area contributed by atoms with Gasteiger partial charge in [-0.3, -0.25) is 4.79 Å². The molecule has 1 aliphatic rings. The maximum Gasteiger partial charge on any atom is 0.338 e. The Bertz CT molecular complexity index is 873. The standard InChI is InChI=1S/C24H30N2O4/c1-17-4-7-22(14-18(17)2)19(3)25-23(27)16-30-24(28)21-8-5-20(6-9-21)15-26-10-12-29-13-11-26/h4-9,14,19H,10-13,15-16H2,1-3H3,(H,25,27)/p+1/t19-/m1/s1. The molecule has 0 spiro atoms. The number of hydrogen-bond donors (Lipinski definition) is 2. The number of esters is 1. The first-order valence-corrected chi connectivity index (χ1v) is 10.5. The highest BCUT2D eigenvalue weighted by Gasteiger charge is 2.16. The highest BCUT2D eigenvalue weighted by atomic mass is 16.5. The number of hydrogen-bond acceptors (Lipinski definition) is 4. The summed E-state index contributed by atoms with van der Waals surface area (Å²) in [6.45, 7) is 10.2. The Morgan fingerprint density at radius 1 is 1.07 bits per heavy atom. The zero-order valence-electron chi connectivity index (χ0n) is 18.0. The minimum atomic E-state index is -0.491. The summed E-state index contributed by atoms with van der Waals surface area (Å²) in [6.07, 6.45) is 0. The minimum absolute atomic E-state index is 0.155. The average molecular weight is 412 g/mol. The normalized spacial score (nSPS) is 15.4. The number of aryl methyl sites for hydroxylation is 2. The third-order valence-corrected chi connectivity index (χ3v) is 5.59. The van der Waals surface area contributed by atoms with Crippen molar-refractivity contribution in [2.24, 2.45) is 0 Å². The predicted octanol–water partition coefficient (Wildman–Crippen LogP) is 1.75. The SMILES string of the molecule is Cc1ccc([C@@H](C)NC(=O)COC(=O)c2ccc(C[NH+]3CCOCC3)cc2)cc1C. The van der Waals surface area contributed by atoms with Crippen LogP contribution in [-0.2, 0) is 20.8 Å². The smallest absolute Gasteiger partial charge is 0.338 e. The van der Waals surface area contributed by atoms with Crippen molar-refractivity contribution < 1.29 is 24.0 Å². The van der Waals surface area contributed by atoms with Crippen molar-refractivity contribution in [1.82, 2.24) is 5.32 Å². The van der Waals surface area contributed by atoms with Crippen molar-refractivity contribution in [3.05, 3.63) is 70.3 Å². The first-order chi connectivity index (χ1) is 14.4. The largest absolute Gasteiger partial charge is 0.452 e. The quantitative estimate of drug-likeness (QED) is 0.682. The third-order valence-electron chi connectivity index (χ3n) is 5.59. The van der Waals surface area contributed by atoms with Crippen LogP contribution < -0.4 is 10.2 Å². The summed E-state index contributed by atoms with van der Waals surface area (Å²) >= 11 is 0. The molecule has 0 aromatic heterocycles. The molecule has 30 heavy (non-hydrogen) atoms. The van der Waals surface area contributed by atoms with Gasteiger partial charge in [-0.05, 0) is 49.6 Å². The Kier molecular flexibility index (Phi) is 7.60. The van der Waals surface area contributed by atoms with Crippen LogP contribution in [0.2, 0.25) is 0 Å². The van der Waals surface area contributed by atoms with E-state index in [1.54, 1.807) is 12.1 Å². The number of morpholine rings is 1. The fraction of sp³-hybridized carbons (Fsp3) is 0.417.